The molecule has 0 saturated heterocycles. The number of carbonyl (C=O) groups is 1. The number of nitrogens with zero attached hydrogens (tertiary/aromatic N) is 1. The van der Waals surface area contributed by atoms with Gasteiger partial charge in [0, 0.05) is 12.7 Å². The fourth-order valence-corrected chi connectivity index (χ4v) is 0.908. The molecule has 0 spiro atoms. The van der Waals surface area contributed by atoms with Gasteiger partial charge in [-0.2, -0.15) is 13.2 Å². The first-order chi connectivity index (χ1) is 6.95. The highest BCUT2D eigenvalue weighted by Crippen LogP contribution is 2.19. The third kappa shape index (κ3) is 2.91. The first-order valence-electron chi connectivity index (χ1n) is 3.97. The van der Waals surface area contributed by atoms with Crippen LogP contribution in [0.5, 0.6) is 0 Å². The summed E-state index contributed by atoms with van der Waals surface area (Å²) >= 11 is 0. The Balaban J connectivity index is 2.85. The Bertz CT molecular complexity index is 364. The Morgan fingerprint density at radius 2 is 2.20 bits per heavy atom. The number of alkyl halides is 3. The summed E-state index contributed by atoms with van der Waals surface area (Å²) in [4.78, 5) is 14.3. The minimum atomic E-state index is -4.91. The lowest BCUT2D eigenvalue weighted by atomic mass is 10.3. The smallest absolute Gasteiger partial charge is 0.325 e. The Morgan fingerprint density at radius 1 is 1.53 bits per heavy atom. The third-order valence-electron chi connectivity index (χ3n) is 1.59. The highest BCUT2D eigenvalue weighted by Gasteiger charge is 2.38. The second-order valence-corrected chi connectivity index (χ2v) is 2.65. The predicted molar refractivity (Wildman–Crippen MR) is 46.8 cm³/mol. The van der Waals surface area contributed by atoms with E-state index in [4.69, 9.17) is 5.73 Å². The predicted octanol–water partition coefficient (Wildman–Crippen LogP) is 1.04. The fourth-order valence-electron chi connectivity index (χ4n) is 0.908. The van der Waals surface area contributed by atoms with Gasteiger partial charge in [0.25, 0.3) is 0 Å². The Morgan fingerprint density at radius 3 is 2.73 bits per heavy atom. The van der Waals surface area contributed by atoms with Crippen LogP contribution in [0.4, 0.5) is 18.9 Å². The molecule has 1 rings (SSSR count). The number of amides is 1. The van der Waals surface area contributed by atoms with Gasteiger partial charge in [-0.05, 0) is 12.1 Å². The average molecular weight is 219 g/mol. The number of carbonyl (C=O) groups excluding carboxylic acids is 1. The molecule has 0 saturated carbocycles. The molecular weight excluding hydrogens is 211 g/mol. The molecule has 1 aromatic heterocycles. The molecule has 82 valence electrons. The molecule has 4 nitrogen and oxygen atoms in total. The van der Waals surface area contributed by atoms with Gasteiger partial charge in [0.1, 0.15) is 0 Å². The molecule has 0 atom stereocenters. The summed E-state index contributed by atoms with van der Waals surface area (Å²) in [5.41, 5.74) is 5.42. The molecule has 0 bridgehead atoms. The average Bonchev–Trinajstić information content (AvgIpc) is 2.17. The molecule has 1 heterocycles. The molecule has 0 unspecified atom stereocenters. The Labute approximate surface area is 83.3 Å². The maximum Gasteiger partial charge on any atom is 0.471 e. The lowest BCUT2D eigenvalue weighted by molar-refractivity contribution is -0.167. The number of halogens is 3. The van der Waals surface area contributed by atoms with E-state index < -0.39 is 12.1 Å². The highest BCUT2D eigenvalue weighted by atomic mass is 19.4. The Hall–Kier alpha value is -1.63. The zero-order valence-corrected chi connectivity index (χ0v) is 7.51. The van der Waals surface area contributed by atoms with E-state index in [2.05, 4.69) is 4.98 Å². The van der Waals surface area contributed by atoms with Crippen LogP contribution in [0, 0.1) is 0 Å². The molecule has 7 heteroatoms. The second kappa shape index (κ2) is 4.26. The topological polar surface area (TPSA) is 68.0 Å². The monoisotopic (exact) mass is 219 g/mol. The number of anilines is 1. The molecule has 0 fully saturated rings. The van der Waals surface area contributed by atoms with Gasteiger partial charge < -0.3 is 11.1 Å². The maximum atomic E-state index is 11.9. The van der Waals surface area contributed by atoms with E-state index in [-0.39, 0.29) is 17.9 Å². The molecule has 0 radical (unpaired) electrons. The van der Waals surface area contributed by atoms with E-state index in [9.17, 15) is 18.0 Å². The van der Waals surface area contributed by atoms with Crippen molar-refractivity contribution in [2.75, 3.05) is 5.32 Å². The van der Waals surface area contributed by atoms with Crippen LogP contribution < -0.4 is 11.1 Å². The van der Waals surface area contributed by atoms with Gasteiger partial charge in [0.15, 0.2) is 0 Å². The van der Waals surface area contributed by atoms with Crippen LogP contribution in [0.1, 0.15) is 5.69 Å². The van der Waals surface area contributed by atoms with E-state index in [0.29, 0.717) is 0 Å². The molecule has 1 amide bonds. The number of rotatable bonds is 2. The van der Waals surface area contributed by atoms with E-state index in [0.717, 1.165) is 0 Å². The van der Waals surface area contributed by atoms with Gasteiger partial charge in [-0.1, -0.05) is 0 Å². The van der Waals surface area contributed by atoms with Crippen molar-refractivity contribution in [1.29, 1.82) is 0 Å². The summed E-state index contributed by atoms with van der Waals surface area (Å²) < 4.78 is 35.7. The molecule has 0 aliphatic carbocycles. The van der Waals surface area contributed by atoms with Crippen molar-refractivity contribution in [3.63, 3.8) is 0 Å². The number of nitrogens with two attached hydrogens (primary N) is 1. The summed E-state index contributed by atoms with van der Waals surface area (Å²) in [6.45, 7) is -0.0473. The fraction of sp³-hybridized carbons (Fsp3) is 0.250. The van der Waals surface area contributed by atoms with Crippen LogP contribution in [0.3, 0.4) is 0 Å². The van der Waals surface area contributed by atoms with Crippen molar-refractivity contribution in [3.05, 3.63) is 24.0 Å². The summed E-state index contributed by atoms with van der Waals surface area (Å²) in [5.74, 6) is -2.04. The standard InChI is InChI=1S/C8H8F3N3O/c9-8(10,11)7(15)14-5-2-1-3-13-6(5)4-12/h1-3H,4,12H2,(H,14,15). The molecule has 0 aliphatic rings. The zero-order chi connectivity index (χ0) is 11.5. The minimum Gasteiger partial charge on any atom is -0.325 e. The number of pyridine rings is 1. The lowest BCUT2D eigenvalue weighted by Crippen LogP contribution is -2.30. The first kappa shape index (κ1) is 11.4. The molecule has 1 aromatic rings. The number of hydrogen-bond acceptors (Lipinski definition) is 3. The Kier molecular flexibility index (Phi) is 3.25. The third-order valence-corrected chi connectivity index (χ3v) is 1.59. The molecular formula is C8H8F3N3O. The number of nitrogens with one attached hydrogen (secondary N) is 1. The van der Waals surface area contributed by atoms with Crippen LogP contribution in [0.2, 0.25) is 0 Å². The van der Waals surface area contributed by atoms with Gasteiger partial charge in [0.05, 0.1) is 11.4 Å². The highest BCUT2D eigenvalue weighted by molar-refractivity contribution is 5.95. The van der Waals surface area contributed by atoms with Crippen molar-refractivity contribution in [3.8, 4) is 0 Å². The number of hydrogen-bond donors (Lipinski definition) is 2. The van der Waals surface area contributed by atoms with Gasteiger partial charge in [-0.3, -0.25) is 9.78 Å². The quantitative estimate of drug-likeness (QED) is 0.780. The summed E-state index contributed by atoms with van der Waals surface area (Å²) in [6.07, 6.45) is -3.53. The van der Waals surface area contributed by atoms with E-state index in [1.165, 1.54) is 18.3 Å². The van der Waals surface area contributed by atoms with Gasteiger partial charge >= 0.3 is 12.1 Å². The zero-order valence-electron chi connectivity index (χ0n) is 7.51. The summed E-state index contributed by atoms with van der Waals surface area (Å²) in [5, 5.41) is 1.69. The number of aromatic nitrogens is 1. The largest absolute Gasteiger partial charge is 0.471 e. The lowest BCUT2D eigenvalue weighted by Gasteiger charge is -2.10. The minimum absolute atomic E-state index is 0.0256. The van der Waals surface area contributed by atoms with Crippen molar-refractivity contribution < 1.29 is 18.0 Å². The first-order valence-corrected chi connectivity index (χ1v) is 3.97. The molecule has 15 heavy (non-hydrogen) atoms. The van der Waals surface area contributed by atoms with Crippen molar-refractivity contribution >= 4 is 11.6 Å². The summed E-state index contributed by atoms with van der Waals surface area (Å²) in [6, 6.07) is 2.71. The molecule has 0 aliphatic heterocycles. The van der Waals surface area contributed by atoms with E-state index in [1.54, 1.807) is 5.32 Å². The van der Waals surface area contributed by atoms with Crippen LogP contribution >= 0.6 is 0 Å². The van der Waals surface area contributed by atoms with Crippen LogP contribution in [-0.2, 0) is 11.3 Å². The molecule has 0 aromatic carbocycles. The maximum absolute atomic E-state index is 11.9. The second-order valence-electron chi connectivity index (χ2n) is 2.65. The normalized spacial score (nSPS) is 11.2. The van der Waals surface area contributed by atoms with Crippen molar-refractivity contribution in [1.82, 2.24) is 4.98 Å². The summed E-state index contributed by atoms with van der Waals surface area (Å²) in [7, 11) is 0. The SMILES string of the molecule is NCc1ncccc1NC(=O)C(F)(F)F. The van der Waals surface area contributed by atoms with Crippen LogP contribution in [0.25, 0.3) is 0 Å². The van der Waals surface area contributed by atoms with E-state index in [1.807, 2.05) is 0 Å². The van der Waals surface area contributed by atoms with Crippen LogP contribution in [0.15, 0.2) is 18.3 Å². The van der Waals surface area contributed by atoms with Gasteiger partial charge in [0.2, 0.25) is 0 Å². The van der Waals surface area contributed by atoms with Gasteiger partial charge in [-0.25, -0.2) is 0 Å². The van der Waals surface area contributed by atoms with Crippen molar-refractivity contribution in [2.45, 2.75) is 12.7 Å². The van der Waals surface area contributed by atoms with Crippen LogP contribution in [-0.4, -0.2) is 17.1 Å². The van der Waals surface area contributed by atoms with Crippen molar-refractivity contribution in [2.24, 2.45) is 5.73 Å². The van der Waals surface area contributed by atoms with Gasteiger partial charge in [-0.15, -0.1) is 0 Å². The van der Waals surface area contributed by atoms with E-state index >= 15 is 0 Å². The molecule has 3 N–H and O–H groups in total.